The van der Waals surface area contributed by atoms with Crippen LogP contribution in [-0.2, 0) is 21.8 Å². The lowest BCUT2D eigenvalue weighted by Crippen LogP contribution is -2.40. The SMILES string of the molecule is CCCCCCCS(=O)CCCCCCCCC(C)(O)C(=O)Nc1ccc(C#N)c(C(F)(F)F)c1. The van der Waals surface area contributed by atoms with Crippen LogP contribution in [0.25, 0.3) is 0 Å². The van der Waals surface area contributed by atoms with E-state index in [0.29, 0.717) is 12.5 Å². The van der Waals surface area contributed by atoms with Gasteiger partial charge in [0.1, 0.15) is 5.60 Å². The summed E-state index contributed by atoms with van der Waals surface area (Å²) in [7, 11) is -0.733. The third-order valence-electron chi connectivity index (χ3n) is 5.95. The number of carbonyl (C=O) groups is 1. The van der Waals surface area contributed by atoms with Gasteiger partial charge in [0, 0.05) is 28.0 Å². The molecule has 0 aliphatic carbocycles. The maximum absolute atomic E-state index is 13.1. The summed E-state index contributed by atoms with van der Waals surface area (Å²) in [4.78, 5) is 12.4. The zero-order valence-electron chi connectivity index (χ0n) is 20.9. The lowest BCUT2D eigenvalue weighted by atomic mass is 9.96. The zero-order chi connectivity index (χ0) is 26.3. The van der Waals surface area contributed by atoms with E-state index in [0.717, 1.165) is 62.5 Å². The first-order valence-corrected chi connectivity index (χ1v) is 14.0. The molecule has 0 aliphatic heterocycles. The molecule has 198 valence electrons. The molecule has 2 N–H and O–H groups in total. The van der Waals surface area contributed by atoms with E-state index in [9.17, 15) is 27.3 Å². The van der Waals surface area contributed by atoms with Gasteiger partial charge in [0.25, 0.3) is 5.91 Å². The molecule has 1 aromatic carbocycles. The fraction of sp³-hybridized carbons (Fsp3) is 0.692. The van der Waals surface area contributed by atoms with Crippen LogP contribution in [0.5, 0.6) is 0 Å². The average molecular weight is 517 g/mol. The Balaban J connectivity index is 2.28. The molecule has 0 saturated carbocycles. The molecule has 9 heteroatoms. The van der Waals surface area contributed by atoms with Crippen LogP contribution in [0.3, 0.4) is 0 Å². The first-order chi connectivity index (χ1) is 16.5. The van der Waals surface area contributed by atoms with Gasteiger partial charge in [-0.2, -0.15) is 18.4 Å². The Morgan fingerprint density at radius 2 is 1.54 bits per heavy atom. The Morgan fingerprint density at radius 1 is 1.00 bits per heavy atom. The minimum absolute atomic E-state index is 0.125. The van der Waals surface area contributed by atoms with Crippen molar-refractivity contribution in [1.82, 2.24) is 0 Å². The van der Waals surface area contributed by atoms with E-state index in [1.165, 1.54) is 38.3 Å². The minimum Gasteiger partial charge on any atom is -0.380 e. The smallest absolute Gasteiger partial charge is 0.380 e. The second kappa shape index (κ2) is 15.9. The number of amides is 1. The Kier molecular flexibility index (Phi) is 14.2. The highest BCUT2D eigenvalue weighted by Crippen LogP contribution is 2.33. The van der Waals surface area contributed by atoms with Crippen LogP contribution < -0.4 is 5.32 Å². The fourth-order valence-electron chi connectivity index (χ4n) is 3.74. The van der Waals surface area contributed by atoms with E-state index in [1.54, 1.807) is 0 Å². The van der Waals surface area contributed by atoms with E-state index in [-0.39, 0.29) is 12.1 Å². The highest BCUT2D eigenvalue weighted by molar-refractivity contribution is 7.84. The van der Waals surface area contributed by atoms with E-state index in [1.807, 2.05) is 0 Å². The molecule has 0 bridgehead atoms. The number of halogens is 3. The number of nitrogens with one attached hydrogen (secondary N) is 1. The van der Waals surface area contributed by atoms with Crippen molar-refractivity contribution in [2.24, 2.45) is 0 Å². The number of rotatable bonds is 17. The molecule has 1 aromatic rings. The molecule has 0 aromatic heterocycles. The molecule has 0 fully saturated rings. The second-order valence-electron chi connectivity index (χ2n) is 9.23. The summed E-state index contributed by atoms with van der Waals surface area (Å²) < 4.78 is 51.3. The monoisotopic (exact) mass is 516 g/mol. The zero-order valence-corrected chi connectivity index (χ0v) is 21.7. The summed E-state index contributed by atoms with van der Waals surface area (Å²) in [5.41, 5.74) is -3.51. The largest absolute Gasteiger partial charge is 0.417 e. The molecule has 0 radical (unpaired) electrons. The molecule has 0 spiro atoms. The Morgan fingerprint density at radius 3 is 2.09 bits per heavy atom. The van der Waals surface area contributed by atoms with Gasteiger partial charge in [-0.3, -0.25) is 9.00 Å². The quantitative estimate of drug-likeness (QED) is 0.225. The van der Waals surface area contributed by atoms with Crippen LogP contribution in [0.1, 0.15) is 102 Å². The van der Waals surface area contributed by atoms with Crippen molar-refractivity contribution in [2.45, 2.75) is 103 Å². The first kappa shape index (κ1) is 31.1. The third-order valence-corrected chi connectivity index (χ3v) is 7.44. The van der Waals surface area contributed by atoms with Gasteiger partial charge >= 0.3 is 6.18 Å². The topological polar surface area (TPSA) is 90.2 Å². The van der Waals surface area contributed by atoms with Crippen LogP contribution in [0, 0.1) is 11.3 Å². The van der Waals surface area contributed by atoms with E-state index in [2.05, 4.69) is 12.2 Å². The number of unbranched alkanes of at least 4 members (excludes halogenated alkanes) is 9. The van der Waals surface area contributed by atoms with Crippen molar-refractivity contribution >= 4 is 22.4 Å². The molecular weight excluding hydrogens is 477 g/mol. The van der Waals surface area contributed by atoms with E-state index in [4.69, 9.17) is 5.26 Å². The summed E-state index contributed by atoms with van der Waals surface area (Å²) in [6.07, 6.45) is 6.61. The van der Waals surface area contributed by atoms with Crippen LogP contribution in [-0.4, -0.2) is 32.3 Å². The molecule has 1 amide bonds. The van der Waals surface area contributed by atoms with Gasteiger partial charge in [0.15, 0.2) is 0 Å². The molecule has 5 nitrogen and oxygen atoms in total. The highest BCUT2D eigenvalue weighted by Gasteiger charge is 2.35. The van der Waals surface area contributed by atoms with Gasteiger partial charge in [-0.25, -0.2) is 0 Å². The average Bonchev–Trinajstić information content (AvgIpc) is 2.80. The molecule has 2 atom stereocenters. The first-order valence-electron chi connectivity index (χ1n) is 12.5. The van der Waals surface area contributed by atoms with Crippen LogP contribution in [0.2, 0.25) is 0 Å². The second-order valence-corrected chi connectivity index (χ2v) is 10.9. The molecule has 0 heterocycles. The van der Waals surface area contributed by atoms with Gasteiger partial charge in [0.05, 0.1) is 17.2 Å². The highest BCUT2D eigenvalue weighted by atomic mass is 32.2. The van der Waals surface area contributed by atoms with Crippen molar-refractivity contribution in [3.05, 3.63) is 29.3 Å². The standard InChI is InChI=1S/C26H39F3N2O3S/c1-3-4-5-9-12-17-35(34)18-13-10-7-6-8-11-16-25(2,33)24(32)31-22-15-14-21(20-30)23(19-22)26(27,28)29/h14-15,19,33H,3-13,16-18H2,1-2H3,(H,31,32). The maximum Gasteiger partial charge on any atom is 0.417 e. The van der Waals surface area contributed by atoms with Gasteiger partial charge in [0.2, 0.25) is 0 Å². The number of alkyl halides is 3. The number of nitrogens with zero attached hydrogens (tertiary/aromatic N) is 1. The third kappa shape index (κ3) is 12.6. The van der Waals surface area contributed by atoms with Crippen LogP contribution >= 0.6 is 0 Å². The van der Waals surface area contributed by atoms with Crippen molar-refractivity contribution in [1.29, 1.82) is 5.26 Å². The van der Waals surface area contributed by atoms with Crippen LogP contribution in [0.15, 0.2) is 18.2 Å². The Bertz CT molecular complexity index is 851. The Labute approximate surface area is 209 Å². The van der Waals surface area contributed by atoms with Crippen molar-refractivity contribution in [3.8, 4) is 6.07 Å². The number of carbonyl (C=O) groups excluding carboxylic acids is 1. The molecular formula is C26H39F3N2O3S. The van der Waals surface area contributed by atoms with Gasteiger partial charge in [-0.15, -0.1) is 0 Å². The van der Waals surface area contributed by atoms with E-state index < -0.39 is 39.6 Å². The van der Waals surface area contributed by atoms with Gasteiger partial charge < -0.3 is 10.4 Å². The number of hydrogen-bond donors (Lipinski definition) is 2. The molecule has 1 rings (SSSR count). The minimum atomic E-state index is -4.72. The number of aliphatic hydroxyl groups is 1. The maximum atomic E-state index is 13.1. The summed E-state index contributed by atoms with van der Waals surface area (Å²) >= 11 is 0. The fourth-order valence-corrected chi connectivity index (χ4v) is 5.00. The predicted octanol–water partition coefficient (Wildman–Crippen LogP) is 6.72. The molecule has 0 aliphatic rings. The lowest BCUT2D eigenvalue weighted by Gasteiger charge is -2.22. The number of anilines is 1. The van der Waals surface area contributed by atoms with Gasteiger partial charge in [-0.05, 0) is 44.4 Å². The van der Waals surface area contributed by atoms with Crippen molar-refractivity contribution in [3.63, 3.8) is 0 Å². The summed E-state index contributed by atoms with van der Waals surface area (Å²) in [6.45, 7) is 3.52. The van der Waals surface area contributed by atoms with E-state index >= 15 is 0 Å². The van der Waals surface area contributed by atoms with Crippen molar-refractivity contribution in [2.75, 3.05) is 16.8 Å². The number of benzene rings is 1. The molecule has 0 saturated heterocycles. The van der Waals surface area contributed by atoms with Crippen LogP contribution in [0.4, 0.5) is 18.9 Å². The summed E-state index contributed by atoms with van der Waals surface area (Å²) in [5.74, 6) is 0.752. The predicted molar refractivity (Wildman–Crippen MR) is 134 cm³/mol. The Hall–Kier alpha value is -1.92. The summed E-state index contributed by atoms with van der Waals surface area (Å²) in [6, 6.07) is 4.39. The normalized spacial score (nSPS) is 14.2. The summed E-state index contributed by atoms with van der Waals surface area (Å²) in [5, 5.41) is 21.7. The number of hydrogen-bond acceptors (Lipinski definition) is 4. The molecule has 35 heavy (non-hydrogen) atoms. The lowest BCUT2D eigenvalue weighted by molar-refractivity contribution is -0.138. The molecule has 2 unspecified atom stereocenters. The van der Waals surface area contributed by atoms with Crippen molar-refractivity contribution < 1.29 is 27.3 Å². The van der Waals surface area contributed by atoms with Gasteiger partial charge in [-0.1, -0.05) is 64.7 Å². The number of nitriles is 1.